The van der Waals surface area contributed by atoms with E-state index in [-0.39, 0.29) is 22.6 Å². The number of rotatable bonds is 7. The maximum Gasteiger partial charge on any atom is 0.335 e. The Labute approximate surface area is 226 Å². The van der Waals surface area contributed by atoms with E-state index in [0.29, 0.717) is 29.1 Å². The molecule has 0 aliphatic heterocycles. The van der Waals surface area contributed by atoms with Gasteiger partial charge in [0.1, 0.15) is 0 Å². The fraction of sp³-hybridized carbons (Fsp3) is 0.276. The monoisotopic (exact) mass is 534 g/mol. The van der Waals surface area contributed by atoms with Gasteiger partial charge in [-0.05, 0) is 54.1 Å². The molecule has 4 N–H and O–H groups in total. The van der Waals surface area contributed by atoms with Gasteiger partial charge in [-0.2, -0.15) is 0 Å². The van der Waals surface area contributed by atoms with Crippen LogP contribution in [-0.2, 0) is 19.5 Å². The maximum absolute atomic E-state index is 12.4. The Hall–Kier alpha value is -4.57. The van der Waals surface area contributed by atoms with Gasteiger partial charge in [-0.15, -0.1) is 0 Å². The third-order valence-corrected chi connectivity index (χ3v) is 6.60. The number of benzene rings is 3. The minimum Gasteiger partial charge on any atom is -0.493 e. The minimum absolute atomic E-state index is 0.0914. The number of aromatic carboxylic acids is 1. The normalized spacial score (nSPS) is 10.9. The lowest BCUT2D eigenvalue weighted by Crippen LogP contribution is -2.27. The van der Waals surface area contributed by atoms with Crippen LogP contribution in [0.25, 0.3) is 11.0 Å². The Morgan fingerprint density at radius 2 is 1.46 bits per heavy atom. The molecule has 0 fully saturated rings. The van der Waals surface area contributed by atoms with Crippen LogP contribution in [0.5, 0.6) is 11.5 Å². The van der Waals surface area contributed by atoms with Gasteiger partial charge >= 0.3 is 11.7 Å². The molecular weight excluding hydrogens is 500 g/mol. The van der Waals surface area contributed by atoms with Crippen LogP contribution < -0.4 is 26.2 Å². The molecule has 0 saturated carbocycles. The van der Waals surface area contributed by atoms with E-state index in [4.69, 9.17) is 20.3 Å². The van der Waals surface area contributed by atoms with Crippen LogP contribution in [0.1, 0.15) is 40.1 Å². The Morgan fingerprint density at radius 3 is 2.03 bits per heavy atom. The van der Waals surface area contributed by atoms with E-state index < -0.39 is 5.97 Å². The molecule has 39 heavy (non-hydrogen) atoms. The standard InChI is InChI=1S/C19H24N2O3.C10H10N2O3/c1-19(2,12-20)14-6-8-15(9-7-14)21-18(22)13-5-10-16(23-3)17(11-13)24-4;1-11-7-4-3-6(9(13)14)5-8(7)12(2)10(11)15/h5-11H,12,20H2,1-4H3,(H,21,22);3-5H,1-2H3,(H,13,14). The summed E-state index contributed by atoms with van der Waals surface area (Å²) in [4.78, 5) is 34.7. The van der Waals surface area contributed by atoms with Crippen LogP contribution in [0.15, 0.2) is 65.5 Å². The second kappa shape index (κ2) is 11.9. The van der Waals surface area contributed by atoms with Crippen molar-refractivity contribution in [2.45, 2.75) is 19.3 Å². The lowest BCUT2D eigenvalue weighted by atomic mass is 9.85. The number of carboxylic acids is 1. The number of hydrogen-bond donors (Lipinski definition) is 3. The second-order valence-electron chi connectivity index (χ2n) is 9.60. The van der Waals surface area contributed by atoms with E-state index >= 15 is 0 Å². The number of carbonyl (C=O) groups excluding carboxylic acids is 1. The third-order valence-electron chi connectivity index (χ3n) is 6.60. The first kappa shape index (κ1) is 29.0. The zero-order chi connectivity index (χ0) is 28.9. The van der Waals surface area contributed by atoms with Crippen LogP contribution >= 0.6 is 0 Å². The van der Waals surface area contributed by atoms with E-state index in [1.807, 2.05) is 24.3 Å². The number of ether oxygens (including phenoxy) is 2. The predicted octanol–water partition coefficient (Wildman–Crippen LogP) is 3.77. The SMILES string of the molecule is COc1ccc(C(=O)Nc2ccc(C(C)(C)CN)cc2)cc1OC.Cn1c(=O)n(C)c2cc(C(=O)O)ccc21. The number of fused-ring (bicyclic) bond motifs is 1. The van der Waals surface area contributed by atoms with Crippen molar-refractivity contribution in [1.29, 1.82) is 0 Å². The highest BCUT2D eigenvalue weighted by Crippen LogP contribution is 2.28. The highest BCUT2D eigenvalue weighted by Gasteiger charge is 2.18. The van der Waals surface area contributed by atoms with E-state index in [0.717, 1.165) is 16.8 Å². The van der Waals surface area contributed by atoms with Gasteiger partial charge in [0.15, 0.2) is 11.5 Å². The molecule has 0 unspecified atom stereocenters. The quantitative estimate of drug-likeness (QED) is 0.328. The second-order valence-corrected chi connectivity index (χ2v) is 9.60. The van der Waals surface area contributed by atoms with Crippen molar-refractivity contribution in [3.63, 3.8) is 0 Å². The van der Waals surface area contributed by atoms with Gasteiger partial charge in [0, 0.05) is 37.3 Å². The third kappa shape index (κ3) is 6.29. The van der Waals surface area contributed by atoms with E-state index in [2.05, 4.69) is 19.2 Å². The number of anilines is 1. The molecule has 10 heteroatoms. The number of aromatic nitrogens is 2. The van der Waals surface area contributed by atoms with Crippen LogP contribution in [0.2, 0.25) is 0 Å². The molecule has 1 amide bonds. The summed E-state index contributed by atoms with van der Waals surface area (Å²) in [6.07, 6.45) is 0. The largest absolute Gasteiger partial charge is 0.493 e. The van der Waals surface area contributed by atoms with Crippen molar-refractivity contribution < 1.29 is 24.2 Å². The molecule has 0 saturated heterocycles. The Bertz CT molecular complexity index is 1550. The molecule has 4 aromatic rings. The van der Waals surface area contributed by atoms with Crippen molar-refractivity contribution >= 4 is 28.6 Å². The van der Waals surface area contributed by atoms with Gasteiger partial charge in [-0.1, -0.05) is 26.0 Å². The number of nitrogens with one attached hydrogen (secondary N) is 1. The maximum atomic E-state index is 12.4. The summed E-state index contributed by atoms with van der Waals surface area (Å²) in [5.41, 5.74) is 9.44. The number of carboxylic acid groups (broad SMARTS) is 1. The zero-order valence-corrected chi connectivity index (χ0v) is 22.9. The lowest BCUT2D eigenvalue weighted by Gasteiger charge is -2.23. The number of carbonyl (C=O) groups is 2. The molecule has 1 aromatic heterocycles. The molecule has 0 radical (unpaired) electrons. The van der Waals surface area contributed by atoms with Crippen LogP contribution in [0.3, 0.4) is 0 Å². The molecule has 0 spiro atoms. The fourth-order valence-electron chi connectivity index (χ4n) is 3.94. The molecule has 206 valence electrons. The van der Waals surface area contributed by atoms with Crippen molar-refractivity contribution in [3.8, 4) is 11.5 Å². The first-order valence-corrected chi connectivity index (χ1v) is 12.2. The van der Waals surface area contributed by atoms with Gasteiger partial charge in [0.2, 0.25) is 0 Å². The summed E-state index contributed by atoms with van der Waals surface area (Å²) in [7, 11) is 6.38. The van der Waals surface area contributed by atoms with Gasteiger partial charge in [-0.25, -0.2) is 9.59 Å². The summed E-state index contributed by atoms with van der Waals surface area (Å²) in [6, 6.07) is 17.4. The number of imidazole rings is 1. The average molecular weight is 535 g/mol. The number of hydrogen-bond acceptors (Lipinski definition) is 6. The van der Waals surface area contributed by atoms with Crippen LogP contribution in [-0.4, -0.2) is 46.9 Å². The number of amides is 1. The number of nitrogens with two attached hydrogens (primary N) is 1. The molecule has 0 aliphatic carbocycles. The van der Waals surface area contributed by atoms with Gasteiger partial charge in [-0.3, -0.25) is 13.9 Å². The number of methoxy groups -OCH3 is 2. The van der Waals surface area contributed by atoms with Crippen molar-refractivity contribution in [2.24, 2.45) is 19.8 Å². The molecule has 3 aromatic carbocycles. The van der Waals surface area contributed by atoms with E-state index in [1.54, 1.807) is 45.5 Å². The molecule has 0 atom stereocenters. The topological polar surface area (TPSA) is 138 Å². The zero-order valence-electron chi connectivity index (χ0n) is 22.9. The summed E-state index contributed by atoms with van der Waals surface area (Å²) < 4.78 is 13.3. The number of nitrogens with zero attached hydrogens (tertiary/aromatic N) is 2. The lowest BCUT2D eigenvalue weighted by molar-refractivity contribution is 0.0696. The van der Waals surface area contributed by atoms with Gasteiger partial charge in [0.05, 0.1) is 30.8 Å². The highest BCUT2D eigenvalue weighted by atomic mass is 16.5. The number of aryl methyl sites for hydroxylation is 2. The van der Waals surface area contributed by atoms with Gasteiger partial charge < -0.3 is 25.6 Å². The van der Waals surface area contributed by atoms with Crippen molar-refractivity contribution in [1.82, 2.24) is 9.13 Å². The highest BCUT2D eigenvalue weighted by molar-refractivity contribution is 6.04. The molecule has 4 rings (SSSR count). The Kier molecular flexibility index (Phi) is 8.82. The van der Waals surface area contributed by atoms with E-state index in [9.17, 15) is 14.4 Å². The van der Waals surface area contributed by atoms with Gasteiger partial charge in [0.25, 0.3) is 5.91 Å². The summed E-state index contributed by atoms with van der Waals surface area (Å²) in [5.74, 6) is -0.0948. The Balaban J connectivity index is 0.000000239. The van der Waals surface area contributed by atoms with E-state index in [1.165, 1.54) is 28.4 Å². The summed E-state index contributed by atoms with van der Waals surface area (Å²) >= 11 is 0. The molecule has 10 nitrogen and oxygen atoms in total. The minimum atomic E-state index is -0.992. The molecule has 0 aliphatic rings. The van der Waals surface area contributed by atoms with Crippen LogP contribution in [0.4, 0.5) is 5.69 Å². The first-order valence-electron chi connectivity index (χ1n) is 12.2. The average Bonchev–Trinajstić information content (AvgIpc) is 3.16. The van der Waals surface area contributed by atoms with Crippen molar-refractivity contribution in [3.05, 3.63) is 87.8 Å². The molecule has 0 bridgehead atoms. The summed E-state index contributed by atoms with van der Waals surface area (Å²) in [5, 5.41) is 11.7. The fourth-order valence-corrected chi connectivity index (χ4v) is 3.94. The molecular formula is C29H34N4O6. The summed E-state index contributed by atoms with van der Waals surface area (Å²) in [6.45, 7) is 4.73. The smallest absolute Gasteiger partial charge is 0.335 e. The van der Waals surface area contributed by atoms with Crippen molar-refractivity contribution in [2.75, 3.05) is 26.1 Å². The predicted molar refractivity (Wildman–Crippen MR) is 151 cm³/mol. The first-order chi connectivity index (χ1) is 18.4. The van der Waals surface area contributed by atoms with Crippen LogP contribution in [0, 0.1) is 0 Å². The Morgan fingerprint density at radius 1 is 0.872 bits per heavy atom. The molecule has 1 heterocycles.